The third kappa shape index (κ3) is 5.78. The van der Waals surface area contributed by atoms with Crippen LogP contribution in [0, 0.1) is 18.3 Å². The Labute approximate surface area is 217 Å². The van der Waals surface area contributed by atoms with E-state index in [1.165, 1.54) is 23.1 Å². The van der Waals surface area contributed by atoms with Crippen LogP contribution in [0.15, 0.2) is 99.8 Å². The molecule has 1 heterocycles. The number of unbranched alkanes of at least 4 members (excludes halogenated alkanes) is 1. The lowest BCUT2D eigenvalue weighted by Gasteiger charge is -2.05. The number of hydrogen-bond acceptors (Lipinski definition) is 5. The molecule has 0 aliphatic carbocycles. The maximum Gasteiger partial charge on any atom is 0.216 e. The van der Waals surface area contributed by atoms with Crippen LogP contribution in [0.2, 0.25) is 0 Å². The van der Waals surface area contributed by atoms with Gasteiger partial charge in [-0.15, -0.1) is 11.8 Å². The van der Waals surface area contributed by atoms with Gasteiger partial charge in [0.05, 0.1) is 10.6 Å². The number of thioether (sulfide) groups is 1. The summed E-state index contributed by atoms with van der Waals surface area (Å²) in [5.74, 6) is 1.06. The summed E-state index contributed by atoms with van der Waals surface area (Å²) < 4.78 is 28.2. The van der Waals surface area contributed by atoms with Gasteiger partial charge in [0, 0.05) is 22.2 Å². The van der Waals surface area contributed by atoms with E-state index >= 15 is 0 Å². The van der Waals surface area contributed by atoms with Crippen LogP contribution in [-0.2, 0) is 9.84 Å². The third-order valence-corrected chi connectivity index (χ3v) is 8.45. The zero-order valence-corrected chi connectivity index (χ0v) is 21.9. The molecule has 0 saturated carbocycles. The lowest BCUT2D eigenvalue weighted by atomic mass is 10.1. The summed E-state index contributed by atoms with van der Waals surface area (Å²) in [5, 5.41) is 14.6. The van der Waals surface area contributed by atoms with Gasteiger partial charge in [0.2, 0.25) is 9.84 Å². The van der Waals surface area contributed by atoms with Crippen LogP contribution in [0.5, 0.6) is 0 Å². The molecule has 0 atom stereocenters. The zero-order chi connectivity index (χ0) is 25.5. The molecular formula is C29H27N3O2S2. The van der Waals surface area contributed by atoms with E-state index in [0.29, 0.717) is 11.3 Å². The second-order valence-corrected chi connectivity index (χ2v) is 11.5. The third-order valence-electron chi connectivity index (χ3n) is 5.68. The number of benzene rings is 3. The van der Waals surface area contributed by atoms with Gasteiger partial charge in [0.25, 0.3) is 0 Å². The lowest BCUT2D eigenvalue weighted by molar-refractivity contribution is 0.603. The standard InChI is InChI=1S/C29H27N3O2S2/c1-3-4-18-35-26-14-12-23(13-15-26)29-24(21-32(31-29)25-8-6-5-7-9-25)19-28(20-30)36(33,34)27-16-10-22(2)11-17-27/h5-17,19,21H,3-4,18H2,1-2H3. The number of hydrogen-bond donors (Lipinski definition) is 0. The quantitative estimate of drug-likeness (QED) is 0.136. The van der Waals surface area contributed by atoms with E-state index in [-0.39, 0.29) is 9.80 Å². The predicted molar refractivity (Wildman–Crippen MR) is 147 cm³/mol. The second-order valence-electron chi connectivity index (χ2n) is 8.38. The van der Waals surface area contributed by atoms with Crippen molar-refractivity contribution >= 4 is 27.7 Å². The number of nitrogens with zero attached hydrogens (tertiary/aromatic N) is 3. The number of rotatable bonds is 9. The lowest BCUT2D eigenvalue weighted by Crippen LogP contribution is -2.03. The highest BCUT2D eigenvalue weighted by molar-refractivity contribution is 7.99. The highest BCUT2D eigenvalue weighted by Crippen LogP contribution is 2.30. The van der Waals surface area contributed by atoms with E-state index in [1.54, 1.807) is 23.0 Å². The molecule has 0 aliphatic rings. The zero-order valence-electron chi connectivity index (χ0n) is 20.3. The Hall–Kier alpha value is -3.60. The summed E-state index contributed by atoms with van der Waals surface area (Å²) in [6, 6.07) is 26.1. The van der Waals surface area contributed by atoms with E-state index in [9.17, 15) is 13.7 Å². The highest BCUT2D eigenvalue weighted by Gasteiger charge is 2.22. The molecule has 0 N–H and O–H groups in total. The van der Waals surface area contributed by atoms with E-state index in [0.717, 1.165) is 35.4 Å². The fraction of sp³-hybridized carbons (Fsp3) is 0.172. The molecule has 0 saturated heterocycles. The average molecular weight is 514 g/mol. The van der Waals surface area contributed by atoms with Gasteiger partial charge in [-0.1, -0.05) is 61.4 Å². The van der Waals surface area contributed by atoms with Crippen molar-refractivity contribution in [2.45, 2.75) is 36.5 Å². The van der Waals surface area contributed by atoms with Crippen molar-refractivity contribution in [2.24, 2.45) is 0 Å². The molecule has 7 heteroatoms. The molecule has 0 amide bonds. The molecule has 0 bridgehead atoms. The maximum atomic E-state index is 13.3. The van der Waals surface area contributed by atoms with Crippen LogP contribution in [0.25, 0.3) is 23.0 Å². The Morgan fingerprint density at radius 1 is 1.03 bits per heavy atom. The van der Waals surface area contributed by atoms with Gasteiger partial charge >= 0.3 is 0 Å². The Balaban J connectivity index is 1.78. The van der Waals surface area contributed by atoms with Gasteiger partial charge in [0.1, 0.15) is 16.7 Å². The highest BCUT2D eigenvalue weighted by atomic mass is 32.2. The summed E-state index contributed by atoms with van der Waals surface area (Å²) in [6.45, 7) is 4.06. The van der Waals surface area contributed by atoms with E-state index < -0.39 is 9.84 Å². The minimum Gasteiger partial charge on any atom is -0.240 e. The molecular weight excluding hydrogens is 486 g/mol. The van der Waals surface area contributed by atoms with E-state index in [2.05, 4.69) is 19.1 Å². The van der Waals surface area contributed by atoms with Crippen molar-refractivity contribution in [2.75, 3.05) is 5.75 Å². The monoisotopic (exact) mass is 513 g/mol. The summed E-state index contributed by atoms with van der Waals surface area (Å²) in [5.41, 5.74) is 3.79. The molecule has 0 radical (unpaired) electrons. The minimum absolute atomic E-state index is 0.0892. The Morgan fingerprint density at radius 3 is 2.36 bits per heavy atom. The van der Waals surface area contributed by atoms with Crippen molar-refractivity contribution < 1.29 is 8.42 Å². The summed E-state index contributed by atoms with van der Waals surface area (Å²) in [7, 11) is -3.98. The van der Waals surface area contributed by atoms with Crippen molar-refractivity contribution in [3.63, 3.8) is 0 Å². The smallest absolute Gasteiger partial charge is 0.216 e. The first kappa shape index (κ1) is 25.5. The molecule has 182 valence electrons. The van der Waals surface area contributed by atoms with Crippen LogP contribution < -0.4 is 0 Å². The van der Waals surface area contributed by atoms with Crippen LogP contribution in [0.4, 0.5) is 0 Å². The topological polar surface area (TPSA) is 75.8 Å². The van der Waals surface area contributed by atoms with Crippen molar-refractivity contribution in [3.05, 3.63) is 101 Å². The number of aryl methyl sites for hydroxylation is 1. The molecule has 4 rings (SSSR count). The average Bonchev–Trinajstić information content (AvgIpc) is 3.32. The van der Waals surface area contributed by atoms with Crippen molar-refractivity contribution in [3.8, 4) is 23.0 Å². The number of aromatic nitrogens is 2. The normalized spacial score (nSPS) is 11.9. The Morgan fingerprint density at radius 2 is 1.72 bits per heavy atom. The van der Waals surface area contributed by atoms with Crippen LogP contribution >= 0.6 is 11.8 Å². The number of allylic oxidation sites excluding steroid dienone is 1. The molecule has 1 aromatic heterocycles. The molecule has 4 aromatic rings. The first-order valence-corrected chi connectivity index (χ1v) is 14.2. The largest absolute Gasteiger partial charge is 0.240 e. The number of para-hydroxylation sites is 1. The van der Waals surface area contributed by atoms with Crippen LogP contribution in [0.1, 0.15) is 30.9 Å². The van der Waals surface area contributed by atoms with Gasteiger partial charge in [-0.05, 0) is 61.6 Å². The molecule has 5 nitrogen and oxygen atoms in total. The predicted octanol–water partition coefficient (Wildman–Crippen LogP) is 7.08. The van der Waals surface area contributed by atoms with Gasteiger partial charge in [-0.3, -0.25) is 0 Å². The first-order valence-electron chi connectivity index (χ1n) is 11.7. The summed E-state index contributed by atoms with van der Waals surface area (Å²) >= 11 is 1.81. The van der Waals surface area contributed by atoms with Gasteiger partial charge in [-0.2, -0.15) is 10.4 Å². The minimum atomic E-state index is -3.98. The first-order chi connectivity index (χ1) is 17.4. The van der Waals surface area contributed by atoms with E-state index in [4.69, 9.17) is 5.10 Å². The molecule has 0 fully saturated rings. The SMILES string of the molecule is CCCCSc1ccc(-c2nn(-c3ccccc3)cc2C=C(C#N)S(=O)(=O)c2ccc(C)cc2)cc1. The molecule has 36 heavy (non-hydrogen) atoms. The number of sulfone groups is 1. The molecule has 0 aliphatic heterocycles. The van der Waals surface area contributed by atoms with Gasteiger partial charge < -0.3 is 0 Å². The van der Waals surface area contributed by atoms with Crippen LogP contribution in [-0.4, -0.2) is 24.0 Å². The maximum absolute atomic E-state index is 13.3. The molecule has 0 unspecified atom stereocenters. The fourth-order valence-electron chi connectivity index (χ4n) is 3.63. The second kappa shape index (κ2) is 11.4. The van der Waals surface area contributed by atoms with Gasteiger partial charge in [0.15, 0.2) is 0 Å². The summed E-state index contributed by atoms with van der Waals surface area (Å²) in [4.78, 5) is 0.935. The molecule has 0 spiro atoms. The van der Waals surface area contributed by atoms with E-state index in [1.807, 2.05) is 67.2 Å². The van der Waals surface area contributed by atoms with Crippen molar-refractivity contribution in [1.82, 2.24) is 9.78 Å². The van der Waals surface area contributed by atoms with Gasteiger partial charge in [-0.25, -0.2) is 13.1 Å². The Bertz CT molecular complexity index is 1500. The number of nitriles is 1. The van der Waals surface area contributed by atoms with Crippen molar-refractivity contribution in [1.29, 1.82) is 5.26 Å². The fourth-order valence-corrected chi connectivity index (χ4v) is 5.78. The molecule has 3 aromatic carbocycles. The summed E-state index contributed by atoms with van der Waals surface area (Å²) in [6.07, 6.45) is 5.50. The Kier molecular flexibility index (Phi) is 8.09. The van der Waals surface area contributed by atoms with Crippen LogP contribution in [0.3, 0.4) is 0 Å².